The van der Waals surface area contributed by atoms with E-state index in [1.807, 2.05) is 0 Å². The molecular formula is C14H16FNO5S. The van der Waals surface area contributed by atoms with Gasteiger partial charge in [-0.1, -0.05) is 6.07 Å². The second-order valence-corrected chi connectivity index (χ2v) is 7.44. The zero-order valence-electron chi connectivity index (χ0n) is 12.0. The summed E-state index contributed by atoms with van der Waals surface area (Å²) in [4.78, 5) is 23.3. The number of amides is 1. The number of nitrogens with one attached hydrogen (secondary N) is 1. The lowest BCUT2D eigenvalue weighted by Crippen LogP contribution is -2.38. The monoisotopic (exact) mass is 329 g/mol. The van der Waals surface area contributed by atoms with Gasteiger partial charge in [0.25, 0.3) is 5.91 Å². The summed E-state index contributed by atoms with van der Waals surface area (Å²) in [5.41, 5.74) is 0.413. The summed E-state index contributed by atoms with van der Waals surface area (Å²) < 4.78 is 40.6. The van der Waals surface area contributed by atoms with E-state index in [0.717, 1.165) is 6.07 Å². The van der Waals surface area contributed by atoms with Gasteiger partial charge in [0.15, 0.2) is 16.4 Å². The molecule has 22 heavy (non-hydrogen) atoms. The number of aryl methyl sites for hydroxylation is 1. The molecule has 0 unspecified atom stereocenters. The van der Waals surface area contributed by atoms with Crippen LogP contribution in [0.2, 0.25) is 0 Å². The smallest absolute Gasteiger partial charge is 0.338 e. The predicted octanol–water partition coefficient (Wildman–Crippen LogP) is 0.594. The highest BCUT2D eigenvalue weighted by molar-refractivity contribution is 7.91. The molecule has 0 radical (unpaired) electrons. The minimum absolute atomic E-state index is 0.0133. The molecule has 0 bridgehead atoms. The third-order valence-corrected chi connectivity index (χ3v) is 5.11. The lowest BCUT2D eigenvalue weighted by Gasteiger charge is -2.11. The van der Waals surface area contributed by atoms with E-state index < -0.39 is 40.2 Å². The summed E-state index contributed by atoms with van der Waals surface area (Å²) in [5.74, 6) is -1.98. The van der Waals surface area contributed by atoms with Crippen LogP contribution in [-0.4, -0.2) is 44.4 Å². The first-order valence-electron chi connectivity index (χ1n) is 6.70. The number of hydrogen-bond acceptors (Lipinski definition) is 5. The van der Waals surface area contributed by atoms with Crippen molar-refractivity contribution in [3.63, 3.8) is 0 Å². The number of ether oxygens (including phenoxy) is 1. The molecule has 8 heteroatoms. The van der Waals surface area contributed by atoms with Crippen molar-refractivity contribution in [3.8, 4) is 0 Å². The molecule has 1 heterocycles. The molecule has 1 amide bonds. The first kappa shape index (κ1) is 16.4. The Morgan fingerprint density at radius 3 is 2.73 bits per heavy atom. The van der Waals surface area contributed by atoms with E-state index in [2.05, 4.69) is 5.32 Å². The minimum atomic E-state index is -3.09. The molecule has 120 valence electrons. The second-order valence-electron chi connectivity index (χ2n) is 5.21. The maximum atomic E-state index is 13.3. The van der Waals surface area contributed by atoms with Crippen molar-refractivity contribution < 1.29 is 27.1 Å². The van der Waals surface area contributed by atoms with E-state index in [0.29, 0.717) is 12.0 Å². The summed E-state index contributed by atoms with van der Waals surface area (Å²) in [6, 6.07) is 3.43. The fourth-order valence-corrected chi connectivity index (χ4v) is 3.79. The predicted molar refractivity (Wildman–Crippen MR) is 76.6 cm³/mol. The molecule has 0 aliphatic carbocycles. The van der Waals surface area contributed by atoms with Gasteiger partial charge in [0.05, 0.1) is 17.1 Å². The Morgan fingerprint density at radius 2 is 2.14 bits per heavy atom. The van der Waals surface area contributed by atoms with Crippen LogP contribution in [0.4, 0.5) is 4.39 Å². The Labute approximate surface area is 127 Å². The summed E-state index contributed by atoms with van der Waals surface area (Å²) in [7, 11) is -3.09. The van der Waals surface area contributed by atoms with Gasteiger partial charge < -0.3 is 10.1 Å². The third-order valence-electron chi connectivity index (χ3n) is 3.34. The Hall–Kier alpha value is -1.96. The minimum Gasteiger partial charge on any atom is -0.452 e. The quantitative estimate of drug-likeness (QED) is 0.817. The van der Waals surface area contributed by atoms with Crippen LogP contribution in [-0.2, 0) is 19.4 Å². The first-order chi connectivity index (χ1) is 10.3. The van der Waals surface area contributed by atoms with Crippen LogP contribution in [0.1, 0.15) is 22.3 Å². The standard InChI is InChI=1S/C14H16FNO5S/c1-9-2-3-10(6-12(9)15)14(18)21-7-13(17)16-11-4-5-22(19,20)8-11/h2-3,6,11H,4-5,7-8H2,1H3,(H,16,17)/t11-/m1/s1. The Bertz CT molecular complexity index is 701. The van der Waals surface area contributed by atoms with Crippen molar-refractivity contribution in [1.29, 1.82) is 0 Å². The summed E-state index contributed by atoms with van der Waals surface area (Å²) in [6.07, 6.45) is 0.352. The molecule has 1 saturated heterocycles. The van der Waals surface area contributed by atoms with Crippen molar-refractivity contribution in [2.75, 3.05) is 18.1 Å². The van der Waals surface area contributed by atoms with Gasteiger partial charge in [-0.15, -0.1) is 0 Å². The fraction of sp³-hybridized carbons (Fsp3) is 0.429. The molecule has 2 rings (SSSR count). The van der Waals surface area contributed by atoms with Crippen molar-refractivity contribution in [2.45, 2.75) is 19.4 Å². The van der Waals surface area contributed by atoms with E-state index in [1.54, 1.807) is 6.92 Å². The van der Waals surface area contributed by atoms with Gasteiger partial charge in [0.1, 0.15) is 5.82 Å². The van der Waals surface area contributed by atoms with Crippen molar-refractivity contribution in [1.82, 2.24) is 5.32 Å². The largest absolute Gasteiger partial charge is 0.452 e. The number of rotatable bonds is 4. The lowest BCUT2D eigenvalue weighted by molar-refractivity contribution is -0.124. The third kappa shape index (κ3) is 4.27. The van der Waals surface area contributed by atoms with Gasteiger partial charge in [0, 0.05) is 6.04 Å². The van der Waals surface area contributed by atoms with E-state index in [9.17, 15) is 22.4 Å². The number of carbonyl (C=O) groups is 2. The van der Waals surface area contributed by atoms with E-state index in [-0.39, 0.29) is 17.1 Å². The number of hydrogen-bond donors (Lipinski definition) is 1. The van der Waals surface area contributed by atoms with Gasteiger partial charge in [-0.05, 0) is 31.0 Å². The molecular weight excluding hydrogens is 313 g/mol. The van der Waals surface area contributed by atoms with Gasteiger partial charge in [-0.3, -0.25) is 4.79 Å². The van der Waals surface area contributed by atoms with Crippen molar-refractivity contribution in [2.24, 2.45) is 0 Å². The number of carbonyl (C=O) groups excluding carboxylic acids is 2. The van der Waals surface area contributed by atoms with Crippen LogP contribution >= 0.6 is 0 Å². The molecule has 1 aliphatic heterocycles. The SMILES string of the molecule is Cc1ccc(C(=O)OCC(=O)N[C@@H]2CCS(=O)(=O)C2)cc1F. The molecule has 0 aromatic heterocycles. The van der Waals surface area contributed by atoms with E-state index in [4.69, 9.17) is 4.74 Å². The summed E-state index contributed by atoms with van der Waals surface area (Å²) in [5, 5.41) is 2.49. The maximum absolute atomic E-state index is 13.3. The number of halogens is 1. The number of benzene rings is 1. The molecule has 6 nitrogen and oxygen atoms in total. The molecule has 1 N–H and O–H groups in total. The molecule has 1 fully saturated rings. The number of sulfone groups is 1. The first-order valence-corrected chi connectivity index (χ1v) is 8.52. The normalized spacial score (nSPS) is 19.6. The molecule has 1 aliphatic rings. The number of esters is 1. The molecule has 1 aromatic carbocycles. The second kappa shape index (κ2) is 6.43. The van der Waals surface area contributed by atoms with Crippen LogP contribution < -0.4 is 5.32 Å². The van der Waals surface area contributed by atoms with E-state index >= 15 is 0 Å². The Balaban J connectivity index is 1.83. The van der Waals surface area contributed by atoms with Gasteiger partial charge in [-0.25, -0.2) is 17.6 Å². The van der Waals surface area contributed by atoms with Crippen molar-refractivity contribution in [3.05, 3.63) is 35.1 Å². The summed E-state index contributed by atoms with van der Waals surface area (Å²) in [6.45, 7) is 1.03. The Kier molecular flexibility index (Phi) is 4.80. The van der Waals surface area contributed by atoms with E-state index in [1.165, 1.54) is 12.1 Å². The lowest BCUT2D eigenvalue weighted by atomic mass is 10.1. The summed E-state index contributed by atoms with van der Waals surface area (Å²) >= 11 is 0. The zero-order valence-corrected chi connectivity index (χ0v) is 12.8. The van der Waals surface area contributed by atoms with Crippen LogP contribution in [0.5, 0.6) is 0 Å². The molecule has 0 saturated carbocycles. The van der Waals surface area contributed by atoms with Crippen LogP contribution in [0, 0.1) is 12.7 Å². The average molecular weight is 329 g/mol. The highest BCUT2D eigenvalue weighted by Crippen LogP contribution is 2.12. The molecule has 1 atom stereocenters. The maximum Gasteiger partial charge on any atom is 0.338 e. The molecule has 1 aromatic rings. The highest BCUT2D eigenvalue weighted by Gasteiger charge is 2.29. The fourth-order valence-electron chi connectivity index (χ4n) is 2.11. The Morgan fingerprint density at radius 1 is 1.41 bits per heavy atom. The topological polar surface area (TPSA) is 89.5 Å². The van der Waals surface area contributed by atoms with Gasteiger partial charge >= 0.3 is 5.97 Å². The van der Waals surface area contributed by atoms with Crippen LogP contribution in [0.3, 0.4) is 0 Å². The van der Waals surface area contributed by atoms with Crippen LogP contribution in [0.25, 0.3) is 0 Å². The zero-order chi connectivity index (χ0) is 16.3. The highest BCUT2D eigenvalue weighted by atomic mass is 32.2. The van der Waals surface area contributed by atoms with Crippen LogP contribution in [0.15, 0.2) is 18.2 Å². The van der Waals surface area contributed by atoms with Gasteiger partial charge in [-0.2, -0.15) is 0 Å². The molecule has 0 spiro atoms. The van der Waals surface area contributed by atoms with Crippen molar-refractivity contribution >= 4 is 21.7 Å². The van der Waals surface area contributed by atoms with Gasteiger partial charge in [0.2, 0.25) is 0 Å². The average Bonchev–Trinajstić information content (AvgIpc) is 2.78.